The number of sulfone groups is 1. The molecule has 0 aromatic heterocycles. The van der Waals surface area contributed by atoms with Crippen LogP contribution in [0.15, 0.2) is 22.0 Å². The molecule has 0 saturated heterocycles. The topological polar surface area (TPSA) is 98.5 Å². The number of nitrogens with two attached hydrogens (primary N) is 2. The van der Waals surface area contributed by atoms with Gasteiger partial charge in [0.15, 0.2) is 15.8 Å². The Morgan fingerprint density at radius 3 is 2.25 bits per heavy atom. The van der Waals surface area contributed by atoms with Crippen LogP contribution in [0.3, 0.4) is 0 Å². The van der Waals surface area contributed by atoms with Crippen molar-refractivity contribution in [1.29, 1.82) is 0 Å². The number of guanidine groups is 1. The lowest BCUT2D eigenvalue weighted by atomic mass is 9.99. The summed E-state index contributed by atoms with van der Waals surface area (Å²) >= 11 is 0. The van der Waals surface area contributed by atoms with E-state index in [2.05, 4.69) is 4.99 Å². The van der Waals surface area contributed by atoms with Crippen LogP contribution in [0.25, 0.3) is 0 Å². The van der Waals surface area contributed by atoms with E-state index in [1.54, 1.807) is 0 Å². The maximum Gasteiger partial charge on any atom is 0.416 e. The molecule has 1 rings (SSSR count). The van der Waals surface area contributed by atoms with E-state index < -0.39 is 28.1 Å². The highest BCUT2D eigenvalue weighted by Gasteiger charge is 2.35. The molecule has 0 aliphatic rings. The molecule has 0 amide bonds. The van der Waals surface area contributed by atoms with Crippen LogP contribution in [-0.4, -0.2) is 20.6 Å². The van der Waals surface area contributed by atoms with Crippen LogP contribution in [0.4, 0.5) is 13.2 Å². The zero-order valence-corrected chi connectivity index (χ0v) is 14.5. The summed E-state index contributed by atoms with van der Waals surface area (Å²) in [6.45, 7) is 1.52. The molecule has 0 aliphatic carbocycles. The first kappa shape index (κ1) is 20.3. The van der Waals surface area contributed by atoms with Gasteiger partial charge in [-0.2, -0.15) is 13.2 Å². The molecule has 0 aliphatic heterocycles. The molecule has 0 heterocycles. The van der Waals surface area contributed by atoms with Gasteiger partial charge in [-0.3, -0.25) is 0 Å². The summed E-state index contributed by atoms with van der Waals surface area (Å²) in [5.74, 6) is -0.365. The molecule has 0 unspecified atom stereocenters. The fraction of sp³-hybridized carbons (Fsp3) is 0.533. The van der Waals surface area contributed by atoms with Crippen molar-refractivity contribution in [1.82, 2.24) is 0 Å². The minimum atomic E-state index is -4.62. The second kappa shape index (κ2) is 7.87. The van der Waals surface area contributed by atoms with Gasteiger partial charge in [0.25, 0.3) is 0 Å². The highest BCUT2D eigenvalue weighted by atomic mass is 32.2. The number of rotatable bonds is 7. The number of alkyl halides is 3. The van der Waals surface area contributed by atoms with E-state index in [9.17, 15) is 21.6 Å². The molecule has 136 valence electrons. The van der Waals surface area contributed by atoms with Gasteiger partial charge in [-0.05, 0) is 36.1 Å². The molecule has 0 fully saturated rings. The third-order valence-electron chi connectivity index (χ3n) is 3.47. The van der Waals surface area contributed by atoms with Crippen molar-refractivity contribution in [2.75, 3.05) is 6.26 Å². The van der Waals surface area contributed by atoms with Gasteiger partial charge >= 0.3 is 6.18 Å². The van der Waals surface area contributed by atoms with Crippen LogP contribution in [0, 0.1) is 0 Å². The summed E-state index contributed by atoms with van der Waals surface area (Å²) in [4.78, 5) is 3.47. The molecule has 0 bridgehead atoms. The Labute approximate surface area is 139 Å². The maximum absolute atomic E-state index is 13.3. The number of nitrogens with zero attached hydrogens (tertiary/aromatic N) is 1. The summed E-state index contributed by atoms with van der Waals surface area (Å²) in [5, 5.41) is 0. The Balaban J connectivity index is 3.50. The van der Waals surface area contributed by atoms with Gasteiger partial charge in [-0.25, -0.2) is 13.4 Å². The van der Waals surface area contributed by atoms with Gasteiger partial charge in [0.1, 0.15) is 0 Å². The van der Waals surface area contributed by atoms with Crippen LogP contribution >= 0.6 is 0 Å². The number of aryl methyl sites for hydroxylation is 1. The van der Waals surface area contributed by atoms with E-state index >= 15 is 0 Å². The van der Waals surface area contributed by atoms with Gasteiger partial charge in [-0.1, -0.05) is 19.8 Å². The fourth-order valence-corrected chi connectivity index (χ4v) is 3.34. The number of hydrogen-bond acceptors (Lipinski definition) is 3. The molecular weight excluding hydrogens is 343 g/mol. The lowest BCUT2D eigenvalue weighted by molar-refractivity contribution is -0.138. The van der Waals surface area contributed by atoms with Gasteiger partial charge in [0, 0.05) is 6.26 Å². The highest BCUT2D eigenvalue weighted by molar-refractivity contribution is 7.90. The van der Waals surface area contributed by atoms with E-state index in [1.165, 1.54) is 0 Å². The molecule has 1 aromatic carbocycles. The molecular formula is C15H22F3N3O2S. The van der Waals surface area contributed by atoms with Crippen molar-refractivity contribution in [3.63, 3.8) is 0 Å². The average molecular weight is 365 g/mol. The standard InChI is InChI=1S/C15H22F3N3O2S/c1-3-4-5-6-10-7-12(15(16,17)18)11(9-21-14(19)20)8-13(10)24(2,22)23/h7-8H,3-6,9H2,1-2H3,(H4,19,20,21). The van der Waals surface area contributed by atoms with E-state index in [4.69, 9.17) is 11.5 Å². The first-order valence-corrected chi connectivity index (χ1v) is 9.34. The van der Waals surface area contributed by atoms with Gasteiger partial charge in [-0.15, -0.1) is 0 Å². The zero-order chi connectivity index (χ0) is 18.5. The highest BCUT2D eigenvalue weighted by Crippen LogP contribution is 2.35. The first-order valence-electron chi connectivity index (χ1n) is 7.45. The summed E-state index contributed by atoms with van der Waals surface area (Å²) in [5.41, 5.74) is 9.32. The van der Waals surface area contributed by atoms with Crippen LogP contribution in [0.2, 0.25) is 0 Å². The molecule has 5 nitrogen and oxygen atoms in total. The SMILES string of the molecule is CCCCCc1cc(C(F)(F)F)c(CN=C(N)N)cc1S(C)(=O)=O. The summed E-state index contributed by atoms with van der Waals surface area (Å²) in [6, 6.07) is 1.94. The van der Waals surface area contributed by atoms with Gasteiger partial charge in [0.05, 0.1) is 17.0 Å². The molecule has 1 aromatic rings. The van der Waals surface area contributed by atoms with Crippen LogP contribution in [0.1, 0.15) is 42.9 Å². The molecule has 0 atom stereocenters. The quantitative estimate of drug-likeness (QED) is 0.441. The third kappa shape index (κ3) is 5.70. The minimum absolute atomic E-state index is 0.104. The van der Waals surface area contributed by atoms with Crippen LogP contribution in [0.5, 0.6) is 0 Å². The van der Waals surface area contributed by atoms with Crippen molar-refractivity contribution in [3.8, 4) is 0 Å². The number of hydrogen-bond donors (Lipinski definition) is 2. The van der Waals surface area contributed by atoms with Gasteiger partial charge in [0.2, 0.25) is 0 Å². The summed E-state index contributed by atoms with van der Waals surface area (Å²) < 4.78 is 63.9. The molecule has 0 radical (unpaired) electrons. The Hall–Kier alpha value is -1.77. The lowest BCUT2D eigenvalue weighted by Gasteiger charge is -2.17. The minimum Gasteiger partial charge on any atom is -0.370 e. The second-order valence-electron chi connectivity index (χ2n) is 5.59. The van der Waals surface area contributed by atoms with E-state index in [-0.39, 0.29) is 28.4 Å². The number of aliphatic imine (C=N–C) groups is 1. The molecule has 24 heavy (non-hydrogen) atoms. The number of halogens is 3. The number of benzene rings is 1. The van der Waals surface area contributed by atoms with Crippen LogP contribution < -0.4 is 11.5 Å². The fourth-order valence-electron chi connectivity index (χ4n) is 2.34. The van der Waals surface area contributed by atoms with Crippen molar-refractivity contribution >= 4 is 15.8 Å². The number of unbranched alkanes of at least 4 members (excludes halogenated alkanes) is 2. The largest absolute Gasteiger partial charge is 0.416 e. The molecule has 4 N–H and O–H groups in total. The Kier molecular flexibility index (Phi) is 6.65. The monoisotopic (exact) mass is 365 g/mol. The normalized spacial score (nSPS) is 12.2. The molecule has 0 saturated carbocycles. The molecule has 0 spiro atoms. The van der Waals surface area contributed by atoms with E-state index in [1.807, 2.05) is 6.92 Å². The Morgan fingerprint density at radius 2 is 1.79 bits per heavy atom. The van der Waals surface area contributed by atoms with Crippen molar-refractivity contribution in [3.05, 3.63) is 28.8 Å². The molecule has 9 heteroatoms. The third-order valence-corrected chi connectivity index (χ3v) is 4.65. The van der Waals surface area contributed by atoms with Crippen molar-refractivity contribution < 1.29 is 21.6 Å². The summed E-state index contributed by atoms with van der Waals surface area (Å²) in [7, 11) is -3.67. The lowest BCUT2D eigenvalue weighted by Crippen LogP contribution is -2.23. The smallest absolute Gasteiger partial charge is 0.370 e. The first-order chi connectivity index (χ1) is 11.0. The van der Waals surface area contributed by atoms with Crippen LogP contribution in [-0.2, 0) is 29.0 Å². The Bertz CT molecular complexity index is 709. The maximum atomic E-state index is 13.3. The van der Waals surface area contributed by atoms with Crippen molar-refractivity contribution in [2.45, 2.75) is 50.2 Å². The second-order valence-corrected chi connectivity index (χ2v) is 7.57. The van der Waals surface area contributed by atoms with E-state index in [0.717, 1.165) is 31.2 Å². The average Bonchev–Trinajstić information content (AvgIpc) is 2.43. The zero-order valence-electron chi connectivity index (χ0n) is 13.7. The van der Waals surface area contributed by atoms with E-state index in [0.29, 0.717) is 6.42 Å². The predicted molar refractivity (Wildman–Crippen MR) is 87.3 cm³/mol. The van der Waals surface area contributed by atoms with Gasteiger partial charge < -0.3 is 11.5 Å². The summed E-state index contributed by atoms with van der Waals surface area (Å²) in [6.07, 6.45) is -1.08. The predicted octanol–water partition coefficient (Wildman–Crippen LogP) is 2.62. The van der Waals surface area contributed by atoms with Crippen molar-refractivity contribution in [2.24, 2.45) is 16.5 Å². The Morgan fingerprint density at radius 1 is 1.17 bits per heavy atom.